The van der Waals surface area contributed by atoms with Crippen molar-refractivity contribution in [2.75, 3.05) is 13.1 Å². The van der Waals surface area contributed by atoms with Gasteiger partial charge >= 0.3 is 5.97 Å². The van der Waals surface area contributed by atoms with E-state index < -0.39 is 12.0 Å². The van der Waals surface area contributed by atoms with E-state index in [1.54, 1.807) is 24.4 Å². The van der Waals surface area contributed by atoms with Crippen molar-refractivity contribution in [3.8, 4) is 0 Å². The molecular weight excluding hydrogens is 300 g/mol. The lowest BCUT2D eigenvalue weighted by molar-refractivity contribution is -0.143. The van der Waals surface area contributed by atoms with Crippen LogP contribution in [0.5, 0.6) is 0 Å². The number of carboxylic acids is 1. The summed E-state index contributed by atoms with van der Waals surface area (Å²) in [4.78, 5) is 17.9. The first kappa shape index (κ1) is 15.0. The Morgan fingerprint density at radius 3 is 2.91 bits per heavy atom. The zero-order valence-corrected chi connectivity index (χ0v) is 12.8. The first-order valence-corrected chi connectivity index (χ1v) is 7.65. The Bertz CT molecular complexity index is 663. The molecule has 0 bridgehead atoms. The predicted molar refractivity (Wildman–Crippen MR) is 85.0 cm³/mol. The highest BCUT2D eigenvalue weighted by Crippen LogP contribution is 2.33. The molecule has 1 aromatic carbocycles. The van der Waals surface area contributed by atoms with E-state index in [9.17, 15) is 9.90 Å². The predicted octanol–water partition coefficient (Wildman–Crippen LogP) is 3.35. The summed E-state index contributed by atoms with van der Waals surface area (Å²) in [6.07, 6.45) is 4.56. The number of likely N-dealkylation sites (tertiary alicyclic amines) is 1. The Labute approximate surface area is 134 Å². The highest BCUT2D eigenvalue weighted by Gasteiger charge is 2.34. The van der Waals surface area contributed by atoms with Crippen LogP contribution in [-0.2, 0) is 4.79 Å². The van der Waals surface area contributed by atoms with E-state index >= 15 is 0 Å². The molecule has 2 atom stereocenters. The van der Waals surface area contributed by atoms with Gasteiger partial charge in [-0.2, -0.15) is 0 Å². The molecule has 1 aliphatic rings. The molecule has 114 valence electrons. The molecule has 3 rings (SSSR count). The largest absolute Gasteiger partial charge is 0.480 e. The third kappa shape index (κ3) is 3.13. The average molecular weight is 317 g/mol. The second kappa shape index (κ2) is 6.46. The quantitative estimate of drug-likeness (QED) is 0.940. The number of aliphatic carboxylic acids is 1. The summed E-state index contributed by atoms with van der Waals surface area (Å²) in [5.41, 5.74) is 1.90. The maximum absolute atomic E-state index is 11.7. The minimum atomic E-state index is -0.839. The standard InChI is InChI=1S/C17H17ClN2O2/c18-15-5-1-3-12(9-15)16(17(21)22)20-8-6-14(11-20)13-4-2-7-19-10-13/h1-5,7,9-10,14,16H,6,8,11H2,(H,21,22). The van der Waals surface area contributed by atoms with E-state index in [-0.39, 0.29) is 0 Å². The van der Waals surface area contributed by atoms with Gasteiger partial charge in [0, 0.05) is 24.0 Å². The monoisotopic (exact) mass is 316 g/mol. The molecule has 0 saturated carbocycles. The van der Waals surface area contributed by atoms with E-state index in [0.29, 0.717) is 10.9 Å². The molecule has 1 N–H and O–H groups in total. The van der Waals surface area contributed by atoms with Gasteiger partial charge in [0.15, 0.2) is 0 Å². The number of hydrogen-bond acceptors (Lipinski definition) is 3. The van der Waals surface area contributed by atoms with Gasteiger partial charge in [-0.3, -0.25) is 14.7 Å². The summed E-state index contributed by atoms with van der Waals surface area (Å²) in [7, 11) is 0. The maximum Gasteiger partial charge on any atom is 0.325 e. The van der Waals surface area contributed by atoms with Crippen LogP contribution in [0.25, 0.3) is 0 Å². The number of pyridine rings is 1. The fourth-order valence-corrected chi connectivity index (χ4v) is 3.30. The maximum atomic E-state index is 11.7. The lowest BCUT2D eigenvalue weighted by Crippen LogP contribution is -2.32. The van der Waals surface area contributed by atoms with Crippen molar-refractivity contribution in [2.24, 2.45) is 0 Å². The number of aromatic nitrogens is 1. The molecule has 2 unspecified atom stereocenters. The third-order valence-electron chi connectivity index (χ3n) is 4.14. The van der Waals surface area contributed by atoms with E-state index in [0.717, 1.165) is 25.1 Å². The van der Waals surface area contributed by atoms with Crippen LogP contribution < -0.4 is 0 Å². The van der Waals surface area contributed by atoms with Gasteiger partial charge in [-0.25, -0.2) is 0 Å². The van der Waals surface area contributed by atoms with E-state index in [1.165, 1.54) is 5.56 Å². The molecule has 4 nitrogen and oxygen atoms in total. The molecule has 0 spiro atoms. The third-order valence-corrected chi connectivity index (χ3v) is 4.37. The van der Waals surface area contributed by atoms with Crippen molar-refractivity contribution < 1.29 is 9.90 Å². The minimum absolute atomic E-state index is 0.328. The molecule has 22 heavy (non-hydrogen) atoms. The van der Waals surface area contributed by atoms with Gasteiger partial charge in [-0.15, -0.1) is 0 Å². The molecule has 1 fully saturated rings. The zero-order chi connectivity index (χ0) is 15.5. The summed E-state index contributed by atoms with van der Waals surface area (Å²) in [6, 6.07) is 10.4. The van der Waals surface area contributed by atoms with Crippen LogP contribution in [0.2, 0.25) is 5.02 Å². The van der Waals surface area contributed by atoms with Gasteiger partial charge in [0.1, 0.15) is 6.04 Å². The van der Waals surface area contributed by atoms with Gasteiger partial charge in [-0.1, -0.05) is 29.8 Å². The second-order valence-corrected chi connectivity index (χ2v) is 6.00. The Balaban J connectivity index is 1.81. The average Bonchev–Trinajstić information content (AvgIpc) is 2.97. The summed E-state index contributed by atoms with van der Waals surface area (Å²) < 4.78 is 0. The van der Waals surface area contributed by atoms with Gasteiger partial charge in [-0.05, 0) is 48.2 Å². The smallest absolute Gasteiger partial charge is 0.325 e. The van der Waals surface area contributed by atoms with Crippen molar-refractivity contribution >= 4 is 17.6 Å². The molecule has 2 aromatic rings. The number of rotatable bonds is 4. The number of carboxylic acid groups (broad SMARTS) is 1. The van der Waals surface area contributed by atoms with Crippen molar-refractivity contribution in [1.29, 1.82) is 0 Å². The highest BCUT2D eigenvalue weighted by molar-refractivity contribution is 6.30. The van der Waals surface area contributed by atoms with Gasteiger partial charge in [0.05, 0.1) is 0 Å². The number of carbonyl (C=O) groups is 1. The fourth-order valence-electron chi connectivity index (χ4n) is 3.10. The van der Waals surface area contributed by atoms with E-state index in [4.69, 9.17) is 11.6 Å². The number of benzene rings is 1. The van der Waals surface area contributed by atoms with E-state index in [2.05, 4.69) is 11.1 Å². The molecule has 1 aromatic heterocycles. The fraction of sp³-hybridized carbons (Fsp3) is 0.294. The lowest BCUT2D eigenvalue weighted by Gasteiger charge is -2.24. The zero-order valence-electron chi connectivity index (χ0n) is 12.0. The Hall–Kier alpha value is -1.91. The van der Waals surface area contributed by atoms with Gasteiger partial charge in [0.25, 0.3) is 0 Å². The normalized spacial score (nSPS) is 20.0. The van der Waals surface area contributed by atoms with Crippen molar-refractivity contribution in [3.05, 3.63) is 64.9 Å². The highest BCUT2D eigenvalue weighted by atomic mass is 35.5. The molecule has 0 amide bonds. The second-order valence-electron chi connectivity index (χ2n) is 5.56. The van der Waals surface area contributed by atoms with Crippen LogP contribution in [0, 0.1) is 0 Å². The van der Waals surface area contributed by atoms with Gasteiger partial charge < -0.3 is 5.11 Å². The molecule has 0 aliphatic carbocycles. The SMILES string of the molecule is O=C(O)C(c1cccc(Cl)c1)N1CCC(c2cccnc2)C1. The molecule has 2 heterocycles. The number of hydrogen-bond donors (Lipinski definition) is 1. The summed E-state index contributed by atoms with van der Waals surface area (Å²) in [6.45, 7) is 1.47. The number of nitrogens with zero attached hydrogens (tertiary/aromatic N) is 2. The van der Waals surface area contributed by atoms with Crippen molar-refractivity contribution in [3.63, 3.8) is 0 Å². The van der Waals surface area contributed by atoms with Crippen LogP contribution in [0.3, 0.4) is 0 Å². The van der Waals surface area contributed by atoms with Crippen LogP contribution >= 0.6 is 11.6 Å². The minimum Gasteiger partial charge on any atom is -0.480 e. The van der Waals surface area contributed by atoms with Crippen LogP contribution in [0.15, 0.2) is 48.8 Å². The molecule has 5 heteroatoms. The van der Waals surface area contributed by atoms with Crippen LogP contribution in [0.4, 0.5) is 0 Å². The summed E-state index contributed by atoms with van der Waals surface area (Å²) in [5, 5.41) is 10.2. The van der Waals surface area contributed by atoms with Crippen molar-refractivity contribution in [2.45, 2.75) is 18.4 Å². The summed E-state index contributed by atoms with van der Waals surface area (Å²) >= 11 is 6.01. The molecule has 0 radical (unpaired) electrons. The van der Waals surface area contributed by atoms with Crippen LogP contribution in [-0.4, -0.2) is 34.0 Å². The molecular formula is C17H17ClN2O2. The Morgan fingerprint density at radius 1 is 1.36 bits per heavy atom. The van der Waals surface area contributed by atoms with E-state index in [1.807, 2.05) is 23.2 Å². The Morgan fingerprint density at radius 2 is 2.23 bits per heavy atom. The van der Waals surface area contributed by atoms with Crippen molar-refractivity contribution in [1.82, 2.24) is 9.88 Å². The van der Waals surface area contributed by atoms with Gasteiger partial charge in [0.2, 0.25) is 0 Å². The lowest BCUT2D eigenvalue weighted by atomic mass is 10.0. The Kier molecular flexibility index (Phi) is 4.41. The molecule has 1 saturated heterocycles. The summed E-state index contributed by atoms with van der Waals surface area (Å²) in [5.74, 6) is -0.510. The first-order chi connectivity index (χ1) is 10.6. The topological polar surface area (TPSA) is 53.4 Å². The number of halogens is 1. The first-order valence-electron chi connectivity index (χ1n) is 7.27. The molecule has 1 aliphatic heterocycles. The van der Waals surface area contributed by atoms with Crippen LogP contribution in [0.1, 0.15) is 29.5 Å².